The number of amides is 3. The smallest absolute Gasteiger partial charge is 0.268 e. The highest BCUT2D eigenvalue weighted by atomic mass is 16.2. The van der Waals surface area contributed by atoms with Gasteiger partial charge in [-0.1, -0.05) is 43.9 Å². The third-order valence-electron chi connectivity index (χ3n) is 6.63. The molecule has 1 saturated heterocycles. The molecule has 8 nitrogen and oxygen atoms in total. The fourth-order valence-electron chi connectivity index (χ4n) is 4.85. The standard InChI is InChI=1S/C24H30N4O4/c29-14-18(12-17-9-10-25-22(17)30)26-23(31)20(11-15-5-1-2-6-15)28-24(32)21-13-16-7-3-4-8-19(16)27-21/h3-4,7-8,13-15,17-18,20,27H,1-2,5-6,9-12H2,(H,25,30)(H,26,31)(H,28,32)/t17-,18-,20-/m0/s1. The first-order chi connectivity index (χ1) is 15.5. The summed E-state index contributed by atoms with van der Waals surface area (Å²) in [7, 11) is 0. The van der Waals surface area contributed by atoms with E-state index in [-0.39, 0.29) is 30.1 Å². The predicted molar refractivity (Wildman–Crippen MR) is 120 cm³/mol. The van der Waals surface area contributed by atoms with E-state index in [1.54, 1.807) is 6.07 Å². The van der Waals surface area contributed by atoms with E-state index in [0.29, 0.717) is 37.3 Å². The number of aromatic amines is 1. The number of fused-ring (bicyclic) bond motifs is 1. The summed E-state index contributed by atoms with van der Waals surface area (Å²) in [5, 5.41) is 9.31. The Morgan fingerprint density at radius 2 is 1.88 bits per heavy atom. The Labute approximate surface area is 186 Å². The minimum absolute atomic E-state index is 0.0827. The van der Waals surface area contributed by atoms with E-state index < -0.39 is 12.1 Å². The first-order valence-corrected chi connectivity index (χ1v) is 11.5. The number of benzene rings is 1. The van der Waals surface area contributed by atoms with Gasteiger partial charge in [0, 0.05) is 23.4 Å². The second kappa shape index (κ2) is 9.97. The van der Waals surface area contributed by atoms with Crippen LogP contribution < -0.4 is 16.0 Å². The molecule has 2 aromatic rings. The summed E-state index contributed by atoms with van der Waals surface area (Å²) >= 11 is 0. The molecule has 2 aliphatic rings. The summed E-state index contributed by atoms with van der Waals surface area (Å²) in [6.45, 7) is 0.591. The predicted octanol–water partition coefficient (Wildman–Crippen LogP) is 2.06. The Bertz CT molecular complexity index is 962. The number of para-hydroxylation sites is 1. The number of hydrogen-bond acceptors (Lipinski definition) is 4. The van der Waals surface area contributed by atoms with E-state index in [0.717, 1.165) is 36.6 Å². The minimum atomic E-state index is -0.757. The van der Waals surface area contributed by atoms with Gasteiger partial charge in [-0.05, 0) is 37.3 Å². The normalized spacial score (nSPS) is 20.6. The Morgan fingerprint density at radius 3 is 2.56 bits per heavy atom. The van der Waals surface area contributed by atoms with Gasteiger partial charge in [-0.15, -0.1) is 0 Å². The average molecular weight is 439 g/mol. The second-order valence-corrected chi connectivity index (χ2v) is 8.95. The zero-order chi connectivity index (χ0) is 22.5. The molecule has 3 atom stereocenters. The lowest BCUT2D eigenvalue weighted by molar-refractivity contribution is -0.127. The van der Waals surface area contributed by atoms with Crippen LogP contribution in [0.2, 0.25) is 0 Å². The monoisotopic (exact) mass is 438 g/mol. The number of aromatic nitrogens is 1. The molecule has 0 spiro atoms. The molecule has 1 saturated carbocycles. The van der Waals surface area contributed by atoms with Gasteiger partial charge in [0.1, 0.15) is 18.0 Å². The summed E-state index contributed by atoms with van der Waals surface area (Å²) in [6.07, 6.45) is 6.46. The van der Waals surface area contributed by atoms with Crippen LogP contribution in [0.25, 0.3) is 10.9 Å². The number of nitrogens with one attached hydrogen (secondary N) is 4. The highest BCUT2D eigenvalue weighted by Crippen LogP contribution is 2.29. The van der Waals surface area contributed by atoms with Gasteiger partial charge >= 0.3 is 0 Å². The molecule has 32 heavy (non-hydrogen) atoms. The van der Waals surface area contributed by atoms with Gasteiger partial charge in [0.25, 0.3) is 5.91 Å². The molecule has 170 valence electrons. The highest BCUT2D eigenvalue weighted by molar-refractivity contribution is 6.00. The van der Waals surface area contributed by atoms with Crippen LogP contribution in [0.5, 0.6) is 0 Å². The van der Waals surface area contributed by atoms with Crippen molar-refractivity contribution in [2.75, 3.05) is 6.54 Å². The largest absolute Gasteiger partial charge is 0.356 e. The van der Waals surface area contributed by atoms with Gasteiger partial charge in [0.2, 0.25) is 11.8 Å². The van der Waals surface area contributed by atoms with E-state index in [1.165, 1.54) is 0 Å². The number of rotatable bonds is 9. The van der Waals surface area contributed by atoms with E-state index in [2.05, 4.69) is 20.9 Å². The maximum Gasteiger partial charge on any atom is 0.268 e. The molecule has 0 bridgehead atoms. The average Bonchev–Trinajstić information content (AvgIpc) is 3.54. The SMILES string of the molecule is O=C[C@H](C[C@@H]1CCNC1=O)NC(=O)[C@H](CC1CCCC1)NC(=O)c1cc2ccccc2[nH]1. The summed E-state index contributed by atoms with van der Waals surface area (Å²) < 4.78 is 0. The van der Waals surface area contributed by atoms with Crippen molar-refractivity contribution >= 4 is 34.9 Å². The van der Waals surface area contributed by atoms with Gasteiger partial charge in [0.15, 0.2) is 0 Å². The van der Waals surface area contributed by atoms with Crippen LogP contribution in [0, 0.1) is 11.8 Å². The number of carbonyl (C=O) groups is 4. The van der Waals surface area contributed by atoms with E-state index >= 15 is 0 Å². The van der Waals surface area contributed by atoms with Crippen molar-refractivity contribution in [1.29, 1.82) is 0 Å². The maximum absolute atomic E-state index is 13.1. The molecule has 0 radical (unpaired) electrons. The lowest BCUT2D eigenvalue weighted by atomic mass is 9.96. The Hall–Kier alpha value is -3.16. The molecule has 8 heteroatoms. The van der Waals surface area contributed by atoms with Crippen LogP contribution in [0.4, 0.5) is 0 Å². The molecule has 4 N–H and O–H groups in total. The molecule has 1 aliphatic carbocycles. The van der Waals surface area contributed by atoms with Gasteiger partial charge in [-0.3, -0.25) is 14.4 Å². The fourth-order valence-corrected chi connectivity index (χ4v) is 4.85. The van der Waals surface area contributed by atoms with Crippen LogP contribution in [0.3, 0.4) is 0 Å². The first kappa shape index (κ1) is 22.0. The Morgan fingerprint density at radius 1 is 1.09 bits per heavy atom. The van der Waals surface area contributed by atoms with E-state index in [4.69, 9.17) is 0 Å². The first-order valence-electron chi connectivity index (χ1n) is 11.5. The van der Waals surface area contributed by atoms with E-state index in [1.807, 2.05) is 24.3 Å². The van der Waals surface area contributed by atoms with Crippen LogP contribution in [-0.2, 0) is 14.4 Å². The number of carbonyl (C=O) groups excluding carboxylic acids is 4. The molecule has 1 aromatic carbocycles. The molecule has 1 aromatic heterocycles. The molecular weight excluding hydrogens is 408 g/mol. The zero-order valence-electron chi connectivity index (χ0n) is 18.1. The molecule has 2 heterocycles. The molecular formula is C24H30N4O4. The third-order valence-corrected chi connectivity index (χ3v) is 6.63. The van der Waals surface area contributed by atoms with Crippen molar-refractivity contribution in [1.82, 2.24) is 20.9 Å². The molecule has 2 fully saturated rings. The Kier molecular flexibility index (Phi) is 6.87. The quantitative estimate of drug-likeness (QED) is 0.448. The summed E-state index contributed by atoms with van der Waals surface area (Å²) in [5.74, 6) is -0.724. The van der Waals surface area contributed by atoms with Crippen molar-refractivity contribution in [3.8, 4) is 0 Å². The van der Waals surface area contributed by atoms with Crippen molar-refractivity contribution in [3.05, 3.63) is 36.0 Å². The van der Waals surface area contributed by atoms with Crippen molar-refractivity contribution in [3.63, 3.8) is 0 Å². The molecule has 3 amide bonds. The summed E-state index contributed by atoms with van der Waals surface area (Å²) in [4.78, 5) is 52.6. The van der Waals surface area contributed by atoms with Crippen molar-refractivity contribution in [2.45, 2.75) is 57.0 Å². The molecule has 0 unspecified atom stereocenters. The van der Waals surface area contributed by atoms with E-state index in [9.17, 15) is 19.2 Å². The third kappa shape index (κ3) is 5.18. The lowest BCUT2D eigenvalue weighted by Gasteiger charge is -2.23. The van der Waals surface area contributed by atoms with Crippen LogP contribution in [-0.4, -0.2) is 47.6 Å². The van der Waals surface area contributed by atoms with Crippen molar-refractivity contribution in [2.24, 2.45) is 11.8 Å². The summed E-state index contributed by atoms with van der Waals surface area (Å²) in [6, 6.07) is 7.87. The second-order valence-electron chi connectivity index (χ2n) is 8.95. The van der Waals surface area contributed by atoms with Gasteiger partial charge in [-0.25, -0.2) is 0 Å². The van der Waals surface area contributed by atoms with Gasteiger partial charge in [0.05, 0.1) is 6.04 Å². The van der Waals surface area contributed by atoms with Crippen LogP contribution in [0.1, 0.15) is 55.4 Å². The van der Waals surface area contributed by atoms with Crippen LogP contribution in [0.15, 0.2) is 30.3 Å². The number of aldehydes is 1. The number of hydrogen-bond donors (Lipinski definition) is 4. The van der Waals surface area contributed by atoms with Gasteiger partial charge < -0.3 is 25.7 Å². The maximum atomic E-state index is 13.1. The lowest BCUT2D eigenvalue weighted by Crippen LogP contribution is -2.51. The Balaban J connectivity index is 1.44. The highest BCUT2D eigenvalue weighted by Gasteiger charge is 2.31. The summed E-state index contributed by atoms with van der Waals surface area (Å²) in [5.41, 5.74) is 1.25. The number of H-pyrrole nitrogens is 1. The van der Waals surface area contributed by atoms with Gasteiger partial charge in [-0.2, -0.15) is 0 Å². The minimum Gasteiger partial charge on any atom is -0.356 e. The zero-order valence-corrected chi connectivity index (χ0v) is 18.1. The van der Waals surface area contributed by atoms with Crippen LogP contribution >= 0.6 is 0 Å². The molecule has 4 rings (SSSR count). The fraction of sp³-hybridized carbons (Fsp3) is 0.500. The molecule has 1 aliphatic heterocycles. The van der Waals surface area contributed by atoms with Crippen molar-refractivity contribution < 1.29 is 19.2 Å². The topological polar surface area (TPSA) is 120 Å².